The minimum absolute atomic E-state index is 0.771. The lowest BCUT2D eigenvalue weighted by Gasteiger charge is -2.22. The van der Waals surface area contributed by atoms with Crippen LogP contribution < -0.4 is 0 Å². The molecule has 0 saturated carbocycles. The number of aryl methyl sites for hydroxylation is 1. The summed E-state index contributed by atoms with van der Waals surface area (Å²) in [5.74, 6) is 2.17. The highest BCUT2D eigenvalue weighted by molar-refractivity contribution is 7.98. The van der Waals surface area contributed by atoms with Crippen LogP contribution in [0.2, 0.25) is 5.02 Å². The molecule has 0 atom stereocenters. The Balaban J connectivity index is 1.93. The number of halogens is 1. The van der Waals surface area contributed by atoms with Crippen LogP contribution in [0.15, 0.2) is 60.7 Å². The Hall–Kier alpha value is -2.03. The van der Waals surface area contributed by atoms with Crippen LogP contribution in [0.25, 0.3) is 32.9 Å². The van der Waals surface area contributed by atoms with Crippen molar-refractivity contribution in [3.05, 3.63) is 76.8 Å². The normalized spacial score (nSPS) is 14.0. The van der Waals surface area contributed by atoms with Crippen LogP contribution in [0.4, 0.5) is 0 Å². The fraction of sp³-hybridized carbons (Fsp3) is 0.136. The Morgan fingerprint density at radius 1 is 0.880 bits per heavy atom. The topological polar surface area (TPSA) is 12.9 Å². The molecule has 1 aliphatic heterocycles. The second-order valence-corrected chi connectivity index (χ2v) is 7.89. The van der Waals surface area contributed by atoms with Gasteiger partial charge in [0.05, 0.1) is 11.2 Å². The lowest BCUT2D eigenvalue weighted by atomic mass is 9.93. The lowest BCUT2D eigenvalue weighted by molar-refractivity contribution is 1.09. The molecule has 5 rings (SSSR count). The van der Waals surface area contributed by atoms with Crippen molar-refractivity contribution >= 4 is 45.0 Å². The summed E-state index contributed by atoms with van der Waals surface area (Å²) in [5.41, 5.74) is 5.97. The van der Waals surface area contributed by atoms with Crippen LogP contribution in [-0.4, -0.2) is 10.7 Å². The predicted molar refractivity (Wildman–Crippen MR) is 110 cm³/mol. The number of aromatic nitrogens is 1. The van der Waals surface area contributed by atoms with Crippen molar-refractivity contribution in [1.29, 1.82) is 0 Å². The molecule has 0 bridgehead atoms. The number of hydrogen-bond acceptors (Lipinski definition) is 2. The monoisotopic (exact) mass is 361 g/mol. The van der Waals surface area contributed by atoms with E-state index in [0.29, 0.717) is 0 Å². The van der Waals surface area contributed by atoms with Gasteiger partial charge in [0.15, 0.2) is 0 Å². The molecule has 0 amide bonds. The van der Waals surface area contributed by atoms with E-state index in [-0.39, 0.29) is 0 Å². The Morgan fingerprint density at radius 3 is 2.64 bits per heavy atom. The van der Waals surface area contributed by atoms with Crippen molar-refractivity contribution in [1.82, 2.24) is 4.98 Å². The van der Waals surface area contributed by atoms with Gasteiger partial charge in [0.25, 0.3) is 0 Å². The number of hydrogen-bond donors (Lipinski definition) is 0. The summed E-state index contributed by atoms with van der Waals surface area (Å²) in [5, 5.41) is 4.68. The van der Waals surface area contributed by atoms with Crippen molar-refractivity contribution in [2.24, 2.45) is 0 Å². The highest BCUT2D eigenvalue weighted by Gasteiger charge is 2.21. The van der Waals surface area contributed by atoms with Crippen molar-refractivity contribution in [2.45, 2.75) is 12.2 Å². The highest BCUT2D eigenvalue weighted by Crippen LogP contribution is 2.40. The average molecular weight is 362 g/mol. The van der Waals surface area contributed by atoms with Gasteiger partial charge in [-0.05, 0) is 46.2 Å². The maximum absolute atomic E-state index is 6.50. The van der Waals surface area contributed by atoms with E-state index in [1.807, 2.05) is 30.0 Å². The third-order valence-electron chi connectivity index (χ3n) is 4.96. The maximum Gasteiger partial charge on any atom is 0.0767 e. The number of nitrogens with zero attached hydrogens (tertiary/aromatic N) is 1. The van der Waals surface area contributed by atoms with Crippen LogP contribution in [0.5, 0.6) is 0 Å². The Bertz CT molecular complexity index is 1120. The van der Waals surface area contributed by atoms with E-state index in [4.69, 9.17) is 16.6 Å². The fourth-order valence-corrected chi connectivity index (χ4v) is 5.04. The van der Waals surface area contributed by atoms with Gasteiger partial charge in [0.1, 0.15) is 0 Å². The summed E-state index contributed by atoms with van der Waals surface area (Å²) < 4.78 is 0. The smallest absolute Gasteiger partial charge is 0.0767 e. The van der Waals surface area contributed by atoms with Gasteiger partial charge in [0.2, 0.25) is 0 Å². The molecule has 0 aliphatic carbocycles. The molecule has 0 fully saturated rings. The van der Waals surface area contributed by atoms with Crippen LogP contribution in [-0.2, 0) is 12.2 Å². The van der Waals surface area contributed by atoms with Gasteiger partial charge in [-0.1, -0.05) is 60.1 Å². The van der Waals surface area contributed by atoms with Crippen LogP contribution >= 0.6 is 23.4 Å². The molecule has 2 heterocycles. The molecule has 4 aromatic rings. The van der Waals surface area contributed by atoms with Gasteiger partial charge in [-0.3, -0.25) is 0 Å². The molecular formula is C22H16ClNS. The van der Waals surface area contributed by atoms with E-state index in [0.717, 1.165) is 39.7 Å². The summed E-state index contributed by atoms with van der Waals surface area (Å²) in [4.78, 5) is 5.07. The van der Waals surface area contributed by atoms with Crippen molar-refractivity contribution in [3.63, 3.8) is 0 Å². The molecule has 3 aromatic carbocycles. The molecule has 1 aliphatic rings. The third kappa shape index (κ3) is 2.44. The molecular weight excluding hydrogens is 346 g/mol. The molecule has 0 spiro atoms. The van der Waals surface area contributed by atoms with Gasteiger partial charge < -0.3 is 0 Å². The largest absolute Gasteiger partial charge is 0.247 e. The lowest BCUT2D eigenvalue weighted by Crippen LogP contribution is -2.07. The first-order chi connectivity index (χ1) is 12.3. The molecule has 0 unspecified atom stereocenters. The zero-order valence-corrected chi connectivity index (χ0v) is 15.2. The molecule has 122 valence electrons. The third-order valence-corrected chi connectivity index (χ3v) is 6.28. The van der Waals surface area contributed by atoms with Gasteiger partial charge in [-0.2, -0.15) is 11.8 Å². The van der Waals surface area contributed by atoms with Gasteiger partial charge in [0, 0.05) is 21.7 Å². The molecule has 0 saturated heterocycles. The van der Waals surface area contributed by atoms with Gasteiger partial charge in [-0.15, -0.1) is 0 Å². The number of rotatable bonds is 1. The first-order valence-electron chi connectivity index (χ1n) is 8.49. The SMILES string of the molecule is Clc1ccccc1-c1nc2ccc3ccccc3c2c2c1CSCC2. The fourth-order valence-electron chi connectivity index (χ4n) is 3.81. The Labute approximate surface area is 156 Å². The van der Waals surface area contributed by atoms with E-state index < -0.39 is 0 Å². The zero-order valence-electron chi connectivity index (χ0n) is 13.6. The summed E-state index contributed by atoms with van der Waals surface area (Å²) >= 11 is 8.48. The van der Waals surface area contributed by atoms with Gasteiger partial charge in [-0.25, -0.2) is 4.98 Å². The van der Waals surface area contributed by atoms with Crippen molar-refractivity contribution in [2.75, 3.05) is 5.75 Å². The summed E-state index contributed by atoms with van der Waals surface area (Å²) in [6.07, 6.45) is 1.09. The molecule has 1 nitrogen and oxygen atoms in total. The predicted octanol–water partition coefficient (Wildman–Crippen LogP) is 6.50. The van der Waals surface area contributed by atoms with E-state index in [1.165, 1.54) is 27.3 Å². The van der Waals surface area contributed by atoms with Gasteiger partial charge >= 0.3 is 0 Å². The van der Waals surface area contributed by atoms with Crippen LogP contribution in [0, 0.1) is 0 Å². The van der Waals surface area contributed by atoms with E-state index in [9.17, 15) is 0 Å². The number of fused-ring (bicyclic) bond motifs is 5. The minimum Gasteiger partial charge on any atom is -0.247 e. The highest BCUT2D eigenvalue weighted by atomic mass is 35.5. The first-order valence-corrected chi connectivity index (χ1v) is 10.0. The van der Waals surface area contributed by atoms with Crippen molar-refractivity contribution < 1.29 is 0 Å². The van der Waals surface area contributed by atoms with Crippen molar-refractivity contribution in [3.8, 4) is 11.3 Å². The average Bonchev–Trinajstić information content (AvgIpc) is 2.67. The maximum atomic E-state index is 6.50. The number of pyridine rings is 1. The van der Waals surface area contributed by atoms with E-state index >= 15 is 0 Å². The Kier molecular flexibility index (Phi) is 3.69. The van der Waals surface area contributed by atoms with Crippen LogP contribution in [0.3, 0.4) is 0 Å². The molecule has 0 radical (unpaired) electrons. The number of thioether (sulfide) groups is 1. The van der Waals surface area contributed by atoms with Crippen LogP contribution in [0.1, 0.15) is 11.1 Å². The summed E-state index contributed by atoms with van der Waals surface area (Å²) in [6.45, 7) is 0. The number of benzene rings is 3. The summed E-state index contributed by atoms with van der Waals surface area (Å²) in [6, 6.07) is 21.0. The van der Waals surface area contributed by atoms with E-state index in [2.05, 4.69) is 42.5 Å². The molecule has 3 heteroatoms. The standard InChI is InChI=1S/C22H16ClNS/c23-19-8-4-3-7-17(19)22-18-13-25-12-11-16(18)21-15-6-2-1-5-14(15)9-10-20(21)24-22/h1-10H,11-13H2. The quantitative estimate of drug-likeness (QED) is 0.359. The first kappa shape index (κ1) is 15.2. The molecule has 1 aromatic heterocycles. The second-order valence-electron chi connectivity index (χ2n) is 6.38. The molecule has 0 N–H and O–H groups in total. The zero-order chi connectivity index (χ0) is 16.8. The summed E-state index contributed by atoms with van der Waals surface area (Å²) in [7, 11) is 0. The van der Waals surface area contributed by atoms with E-state index in [1.54, 1.807) is 0 Å². The Morgan fingerprint density at radius 2 is 1.72 bits per heavy atom. The molecule has 25 heavy (non-hydrogen) atoms. The minimum atomic E-state index is 0.771. The second kappa shape index (κ2) is 6.05.